The van der Waals surface area contributed by atoms with Crippen LogP contribution in [0.4, 0.5) is 22.4 Å². The second kappa shape index (κ2) is 6.66. The van der Waals surface area contributed by atoms with Crippen molar-refractivity contribution in [2.75, 3.05) is 0 Å². The molecule has 0 fully saturated rings. The number of hydrogen-bond donors (Lipinski definition) is 3. The van der Waals surface area contributed by atoms with E-state index in [9.17, 15) is 22.4 Å². The van der Waals surface area contributed by atoms with Crippen molar-refractivity contribution in [1.29, 1.82) is 0 Å². The number of halogens is 4. The molecule has 2 aromatic carbocycles. The van der Waals surface area contributed by atoms with E-state index in [-0.39, 0.29) is 17.8 Å². The maximum atomic E-state index is 13.7. The van der Waals surface area contributed by atoms with E-state index in [1.165, 1.54) is 0 Å². The molecule has 0 saturated heterocycles. The van der Waals surface area contributed by atoms with Crippen LogP contribution in [0.25, 0.3) is 11.0 Å². The summed E-state index contributed by atoms with van der Waals surface area (Å²) in [6.45, 7) is 0. The number of alkyl halides is 3. The van der Waals surface area contributed by atoms with Gasteiger partial charge in [-0.1, -0.05) is 18.2 Å². The van der Waals surface area contributed by atoms with Crippen LogP contribution in [0.5, 0.6) is 0 Å². The van der Waals surface area contributed by atoms with Gasteiger partial charge in [-0.3, -0.25) is 0 Å². The molecule has 0 radical (unpaired) electrons. The highest BCUT2D eigenvalue weighted by Gasteiger charge is 2.34. The number of rotatable bonds is 4. The number of nitrogens with one attached hydrogen (secondary N) is 2. The number of hydrogen-bond acceptors (Lipinski definition) is 2. The first-order valence-corrected chi connectivity index (χ1v) is 7.54. The molecule has 136 valence electrons. The number of carbonyl (C=O) groups is 1. The molecule has 5 nitrogen and oxygen atoms in total. The van der Waals surface area contributed by atoms with Gasteiger partial charge in [-0.25, -0.2) is 14.2 Å². The van der Waals surface area contributed by atoms with E-state index >= 15 is 0 Å². The number of aromatic nitrogens is 2. The van der Waals surface area contributed by atoms with Crippen molar-refractivity contribution >= 4 is 17.1 Å². The third-order valence-corrected chi connectivity index (χ3v) is 3.81. The molecule has 3 aromatic rings. The summed E-state index contributed by atoms with van der Waals surface area (Å²) in [6, 6.07) is 8.64. The number of carboxylic acid groups (broad SMARTS) is 1. The fourth-order valence-corrected chi connectivity index (χ4v) is 2.65. The van der Waals surface area contributed by atoms with Crippen LogP contribution < -0.4 is 5.32 Å². The fourth-order valence-electron chi connectivity index (χ4n) is 2.65. The summed E-state index contributed by atoms with van der Waals surface area (Å²) in [7, 11) is 0. The van der Waals surface area contributed by atoms with Crippen LogP contribution in [-0.2, 0) is 12.6 Å². The lowest BCUT2D eigenvalue weighted by atomic mass is 10.0. The van der Waals surface area contributed by atoms with Gasteiger partial charge in [0.2, 0.25) is 0 Å². The average Bonchev–Trinajstić information content (AvgIpc) is 2.96. The van der Waals surface area contributed by atoms with Gasteiger partial charge in [-0.15, -0.1) is 0 Å². The smallest absolute Gasteiger partial charge is 0.419 e. The van der Waals surface area contributed by atoms with Gasteiger partial charge in [-0.2, -0.15) is 13.2 Å². The number of H-pyrrole nitrogens is 1. The monoisotopic (exact) mass is 367 g/mol. The van der Waals surface area contributed by atoms with Crippen molar-refractivity contribution in [3.63, 3.8) is 0 Å². The van der Waals surface area contributed by atoms with E-state index in [0.717, 1.165) is 12.1 Å². The molecule has 0 saturated carbocycles. The molecular formula is C17H13F4N3O2. The number of para-hydroxylation sites is 2. The van der Waals surface area contributed by atoms with E-state index in [1.54, 1.807) is 24.3 Å². The predicted octanol–water partition coefficient (Wildman–Crippen LogP) is 4.27. The van der Waals surface area contributed by atoms with Crippen LogP contribution in [0.2, 0.25) is 0 Å². The van der Waals surface area contributed by atoms with Gasteiger partial charge in [-0.05, 0) is 29.8 Å². The average molecular weight is 367 g/mol. The first-order chi connectivity index (χ1) is 12.2. The lowest BCUT2D eigenvalue weighted by Crippen LogP contribution is -2.29. The Hall–Kier alpha value is -3.10. The Kier molecular flexibility index (Phi) is 4.54. The minimum Gasteiger partial charge on any atom is -0.465 e. The largest absolute Gasteiger partial charge is 0.465 e. The second-order valence-corrected chi connectivity index (χ2v) is 5.66. The van der Waals surface area contributed by atoms with Crippen molar-refractivity contribution in [3.05, 3.63) is 65.2 Å². The van der Waals surface area contributed by atoms with E-state index < -0.39 is 29.7 Å². The molecule has 3 rings (SSSR count). The highest BCUT2D eigenvalue weighted by Crippen LogP contribution is 2.32. The van der Waals surface area contributed by atoms with E-state index in [1.807, 2.05) is 0 Å². The van der Waals surface area contributed by atoms with Crippen LogP contribution in [0.1, 0.15) is 23.0 Å². The lowest BCUT2D eigenvalue weighted by Gasteiger charge is -2.16. The molecule has 1 unspecified atom stereocenters. The molecule has 0 spiro atoms. The zero-order valence-corrected chi connectivity index (χ0v) is 13.1. The van der Waals surface area contributed by atoms with Gasteiger partial charge in [0.05, 0.1) is 22.6 Å². The van der Waals surface area contributed by atoms with Crippen molar-refractivity contribution in [2.45, 2.75) is 18.6 Å². The number of nitrogens with zero attached hydrogens (tertiary/aromatic N) is 1. The lowest BCUT2D eigenvalue weighted by molar-refractivity contribution is -0.140. The Balaban J connectivity index is 1.91. The maximum absolute atomic E-state index is 13.7. The molecule has 1 atom stereocenters. The zero-order valence-electron chi connectivity index (χ0n) is 13.1. The van der Waals surface area contributed by atoms with Gasteiger partial charge >= 0.3 is 12.3 Å². The Morgan fingerprint density at radius 2 is 1.96 bits per heavy atom. The maximum Gasteiger partial charge on any atom is 0.419 e. The predicted molar refractivity (Wildman–Crippen MR) is 85.1 cm³/mol. The van der Waals surface area contributed by atoms with E-state index in [0.29, 0.717) is 17.1 Å². The second-order valence-electron chi connectivity index (χ2n) is 5.66. The summed E-state index contributed by atoms with van der Waals surface area (Å²) < 4.78 is 51.7. The number of fused-ring (bicyclic) bond motifs is 1. The molecule has 1 heterocycles. The summed E-state index contributed by atoms with van der Waals surface area (Å²) in [5, 5.41) is 11.3. The molecule has 0 aliphatic carbocycles. The van der Waals surface area contributed by atoms with Crippen molar-refractivity contribution in [2.24, 2.45) is 0 Å². The quantitative estimate of drug-likeness (QED) is 0.603. The molecule has 0 aliphatic heterocycles. The van der Waals surface area contributed by atoms with Crippen molar-refractivity contribution in [3.8, 4) is 0 Å². The highest BCUT2D eigenvalue weighted by molar-refractivity contribution is 5.75. The van der Waals surface area contributed by atoms with E-state index in [2.05, 4.69) is 15.3 Å². The molecule has 26 heavy (non-hydrogen) atoms. The Bertz CT molecular complexity index is 920. The van der Waals surface area contributed by atoms with Crippen LogP contribution in [-0.4, -0.2) is 21.2 Å². The molecule has 0 aliphatic rings. The fraction of sp³-hybridized carbons (Fsp3) is 0.176. The van der Waals surface area contributed by atoms with Gasteiger partial charge in [0.15, 0.2) is 0 Å². The summed E-state index contributed by atoms with van der Waals surface area (Å²) in [5.74, 6) is -1.12. The standard InChI is InChI=1S/C17H13F4N3O2/c18-11-7-9(5-6-10(11)17(19,20)21)8-14(24-16(25)26)15-22-12-3-1-2-4-13(12)23-15/h1-7,14,24H,8H2,(H,22,23)(H,25,26). The summed E-state index contributed by atoms with van der Waals surface area (Å²) in [5.41, 5.74) is 0.124. The minimum absolute atomic E-state index is 0.0683. The molecule has 1 amide bonds. The summed E-state index contributed by atoms with van der Waals surface area (Å²) >= 11 is 0. The van der Waals surface area contributed by atoms with E-state index in [4.69, 9.17) is 5.11 Å². The number of aromatic amines is 1. The van der Waals surface area contributed by atoms with Crippen LogP contribution >= 0.6 is 0 Å². The topological polar surface area (TPSA) is 78.0 Å². The van der Waals surface area contributed by atoms with Gasteiger partial charge in [0.1, 0.15) is 11.6 Å². The van der Waals surface area contributed by atoms with Gasteiger partial charge in [0.25, 0.3) is 0 Å². The third kappa shape index (κ3) is 3.76. The Morgan fingerprint density at radius 3 is 2.58 bits per heavy atom. The third-order valence-electron chi connectivity index (χ3n) is 3.81. The van der Waals surface area contributed by atoms with Crippen LogP contribution in [0.15, 0.2) is 42.5 Å². The molecule has 1 aromatic heterocycles. The first-order valence-electron chi connectivity index (χ1n) is 7.54. The molecule has 9 heteroatoms. The van der Waals surface area contributed by atoms with Gasteiger partial charge in [0, 0.05) is 6.42 Å². The Labute approximate surface area is 144 Å². The van der Waals surface area contributed by atoms with Crippen molar-refractivity contribution < 1.29 is 27.5 Å². The minimum atomic E-state index is -4.79. The highest BCUT2D eigenvalue weighted by atomic mass is 19.4. The molecule has 0 bridgehead atoms. The number of imidazole rings is 1. The molecular weight excluding hydrogens is 354 g/mol. The van der Waals surface area contributed by atoms with Gasteiger partial charge < -0.3 is 15.4 Å². The summed E-state index contributed by atoms with van der Waals surface area (Å²) in [6.07, 6.45) is -6.19. The zero-order chi connectivity index (χ0) is 18.9. The molecule has 3 N–H and O–H groups in total. The Morgan fingerprint density at radius 1 is 1.23 bits per heavy atom. The summed E-state index contributed by atoms with van der Waals surface area (Å²) in [4.78, 5) is 18.3. The SMILES string of the molecule is O=C(O)NC(Cc1ccc(C(F)(F)F)c(F)c1)c1nc2ccccc2[nH]1. The first kappa shape index (κ1) is 17.7. The number of benzene rings is 2. The van der Waals surface area contributed by atoms with Crippen LogP contribution in [0.3, 0.4) is 0 Å². The van der Waals surface area contributed by atoms with Crippen LogP contribution in [0, 0.1) is 5.82 Å². The normalized spacial score (nSPS) is 12.9. The number of amides is 1. The van der Waals surface area contributed by atoms with Crippen molar-refractivity contribution in [1.82, 2.24) is 15.3 Å².